The number of hydrogen-bond acceptors (Lipinski definition) is 4. The topological polar surface area (TPSA) is 36.9 Å². The lowest BCUT2D eigenvalue weighted by Crippen LogP contribution is -2.04. The molecule has 0 aliphatic heterocycles. The second kappa shape index (κ2) is 4.99. The standard InChI is InChI=1S/C5H14O4P/c1-5-9-10(6-2,7-3)8-4/h5H2,1-4H3/q+1. The van der Waals surface area contributed by atoms with Gasteiger partial charge in [-0.3, -0.25) is 0 Å². The molecule has 0 aromatic heterocycles. The molecule has 62 valence electrons. The summed E-state index contributed by atoms with van der Waals surface area (Å²) in [5.74, 6) is 0. The van der Waals surface area contributed by atoms with Crippen molar-refractivity contribution in [3.8, 4) is 0 Å². The summed E-state index contributed by atoms with van der Waals surface area (Å²) in [6.45, 7) is 2.37. The Balaban J connectivity index is 3.87. The molecule has 0 unspecified atom stereocenters. The molecule has 0 aromatic rings. The highest BCUT2D eigenvalue weighted by Gasteiger charge is 2.44. The summed E-state index contributed by atoms with van der Waals surface area (Å²) in [5, 5.41) is 0. The van der Waals surface area contributed by atoms with Gasteiger partial charge in [0.2, 0.25) is 0 Å². The van der Waals surface area contributed by atoms with E-state index in [0.717, 1.165) is 0 Å². The molecule has 0 bridgehead atoms. The molecule has 0 heterocycles. The molecule has 0 N–H and O–H groups in total. The van der Waals surface area contributed by atoms with Crippen LogP contribution in [-0.4, -0.2) is 27.9 Å². The van der Waals surface area contributed by atoms with Gasteiger partial charge in [0, 0.05) is 0 Å². The first kappa shape index (κ1) is 10.3. The zero-order valence-electron chi connectivity index (χ0n) is 6.79. The quantitative estimate of drug-likeness (QED) is 0.586. The van der Waals surface area contributed by atoms with Crippen molar-refractivity contribution in [2.45, 2.75) is 6.92 Å². The van der Waals surface area contributed by atoms with Crippen molar-refractivity contribution in [3.05, 3.63) is 0 Å². The van der Waals surface area contributed by atoms with E-state index in [9.17, 15) is 0 Å². The Morgan fingerprint density at radius 3 is 1.50 bits per heavy atom. The van der Waals surface area contributed by atoms with E-state index in [1.54, 1.807) is 0 Å². The average Bonchev–Trinajstić information content (AvgIpc) is 2.01. The fraction of sp³-hybridized carbons (Fsp3) is 1.00. The minimum absolute atomic E-state index is 0.517. The Kier molecular flexibility index (Phi) is 5.13. The summed E-state index contributed by atoms with van der Waals surface area (Å²) in [4.78, 5) is 0. The molecular weight excluding hydrogens is 155 g/mol. The molecule has 0 radical (unpaired) electrons. The average molecular weight is 169 g/mol. The van der Waals surface area contributed by atoms with Crippen LogP contribution in [0.25, 0.3) is 0 Å². The number of hydrogen-bond donors (Lipinski definition) is 0. The summed E-state index contributed by atoms with van der Waals surface area (Å²) >= 11 is 0. The minimum Gasteiger partial charge on any atom is -0.157 e. The SMILES string of the molecule is CCO[P+](OC)(OC)OC. The van der Waals surface area contributed by atoms with E-state index in [-0.39, 0.29) is 0 Å². The van der Waals surface area contributed by atoms with E-state index >= 15 is 0 Å². The highest BCUT2D eigenvalue weighted by Crippen LogP contribution is 2.60. The van der Waals surface area contributed by atoms with Gasteiger partial charge in [0.1, 0.15) is 0 Å². The first-order valence-corrected chi connectivity index (χ1v) is 4.41. The molecule has 0 aromatic carbocycles. The van der Waals surface area contributed by atoms with Crippen LogP contribution in [0.1, 0.15) is 6.92 Å². The summed E-state index contributed by atoms with van der Waals surface area (Å²) in [7, 11) is 2.05. The Bertz CT molecular complexity index is 75.5. The third kappa shape index (κ3) is 2.48. The monoisotopic (exact) mass is 169 g/mol. The van der Waals surface area contributed by atoms with Crippen molar-refractivity contribution in [1.82, 2.24) is 0 Å². The van der Waals surface area contributed by atoms with Gasteiger partial charge in [-0.2, -0.15) is 18.1 Å². The largest absolute Gasteiger partial charge is 0.574 e. The van der Waals surface area contributed by atoms with E-state index in [2.05, 4.69) is 0 Å². The second-order valence-electron chi connectivity index (χ2n) is 1.41. The van der Waals surface area contributed by atoms with Crippen LogP contribution in [-0.2, 0) is 18.1 Å². The molecule has 0 atom stereocenters. The normalized spacial score (nSPS) is 12.0. The zero-order chi connectivity index (χ0) is 8.04. The van der Waals surface area contributed by atoms with Crippen LogP contribution in [0, 0.1) is 0 Å². The molecule has 0 saturated carbocycles. The van der Waals surface area contributed by atoms with Crippen molar-refractivity contribution in [2.24, 2.45) is 0 Å². The van der Waals surface area contributed by atoms with Crippen molar-refractivity contribution in [1.29, 1.82) is 0 Å². The lowest BCUT2D eigenvalue weighted by Gasteiger charge is -2.12. The fourth-order valence-corrected chi connectivity index (χ4v) is 1.62. The molecular formula is C5H14O4P+. The highest BCUT2D eigenvalue weighted by atomic mass is 31.2. The summed E-state index contributed by atoms with van der Waals surface area (Å²) < 4.78 is 19.9. The Morgan fingerprint density at radius 2 is 1.40 bits per heavy atom. The van der Waals surface area contributed by atoms with Gasteiger partial charge in [-0.1, -0.05) is 0 Å². The third-order valence-electron chi connectivity index (χ3n) is 0.958. The van der Waals surface area contributed by atoms with Gasteiger partial charge in [0.05, 0.1) is 27.9 Å². The number of rotatable bonds is 5. The first-order chi connectivity index (χ1) is 4.74. The Hall–Kier alpha value is 0.270. The van der Waals surface area contributed by atoms with Gasteiger partial charge in [-0.05, 0) is 6.92 Å². The van der Waals surface area contributed by atoms with Crippen molar-refractivity contribution in [2.75, 3.05) is 27.9 Å². The molecule has 5 heteroatoms. The van der Waals surface area contributed by atoms with E-state index in [1.165, 1.54) is 21.3 Å². The van der Waals surface area contributed by atoms with E-state index in [1.807, 2.05) is 6.92 Å². The van der Waals surface area contributed by atoms with Crippen LogP contribution in [0.15, 0.2) is 0 Å². The maximum atomic E-state index is 5.12. The molecule has 10 heavy (non-hydrogen) atoms. The molecule has 4 nitrogen and oxygen atoms in total. The van der Waals surface area contributed by atoms with Gasteiger partial charge in [0.25, 0.3) is 0 Å². The van der Waals surface area contributed by atoms with Gasteiger partial charge in [-0.25, -0.2) is 0 Å². The molecule has 0 aliphatic carbocycles. The van der Waals surface area contributed by atoms with Crippen molar-refractivity contribution >= 4 is 8.17 Å². The molecule has 0 rings (SSSR count). The predicted octanol–water partition coefficient (Wildman–Crippen LogP) is 1.64. The summed E-state index contributed by atoms with van der Waals surface area (Å²) in [6.07, 6.45) is 0. The lowest BCUT2D eigenvalue weighted by molar-refractivity contribution is 0.103. The van der Waals surface area contributed by atoms with Gasteiger partial charge in [0.15, 0.2) is 0 Å². The van der Waals surface area contributed by atoms with E-state index < -0.39 is 8.17 Å². The van der Waals surface area contributed by atoms with Gasteiger partial charge in [-0.15, -0.1) is 0 Å². The third-order valence-corrected chi connectivity index (χ3v) is 2.87. The van der Waals surface area contributed by atoms with Crippen LogP contribution >= 0.6 is 8.17 Å². The second-order valence-corrected chi connectivity index (χ2v) is 3.66. The summed E-state index contributed by atoms with van der Waals surface area (Å²) in [5.41, 5.74) is 0. The molecule has 0 fully saturated rings. The van der Waals surface area contributed by atoms with E-state index in [4.69, 9.17) is 18.1 Å². The van der Waals surface area contributed by atoms with Crippen molar-refractivity contribution in [3.63, 3.8) is 0 Å². The van der Waals surface area contributed by atoms with Gasteiger partial charge < -0.3 is 0 Å². The maximum Gasteiger partial charge on any atom is 0.574 e. The van der Waals surface area contributed by atoms with Crippen LogP contribution in [0.2, 0.25) is 0 Å². The Labute approximate surface area is 62.1 Å². The summed E-state index contributed by atoms with van der Waals surface area (Å²) in [6, 6.07) is 0. The highest BCUT2D eigenvalue weighted by molar-refractivity contribution is 7.56. The van der Waals surface area contributed by atoms with Gasteiger partial charge >= 0.3 is 8.17 Å². The van der Waals surface area contributed by atoms with Crippen LogP contribution < -0.4 is 0 Å². The molecule has 0 amide bonds. The van der Waals surface area contributed by atoms with E-state index in [0.29, 0.717) is 6.61 Å². The van der Waals surface area contributed by atoms with Crippen molar-refractivity contribution < 1.29 is 18.1 Å². The molecule has 0 aliphatic rings. The Morgan fingerprint density at radius 1 is 1.00 bits per heavy atom. The minimum atomic E-state index is -2.44. The smallest absolute Gasteiger partial charge is 0.157 e. The molecule has 0 saturated heterocycles. The predicted molar refractivity (Wildman–Crippen MR) is 39.6 cm³/mol. The fourth-order valence-electron chi connectivity index (χ4n) is 0.540. The van der Waals surface area contributed by atoms with Crippen LogP contribution in [0.3, 0.4) is 0 Å². The van der Waals surface area contributed by atoms with Crippen LogP contribution in [0.4, 0.5) is 0 Å². The first-order valence-electron chi connectivity index (χ1n) is 2.95. The lowest BCUT2D eigenvalue weighted by atomic mass is 10.9. The zero-order valence-corrected chi connectivity index (χ0v) is 7.68. The molecule has 0 spiro atoms. The van der Waals surface area contributed by atoms with Crippen LogP contribution in [0.5, 0.6) is 0 Å². The maximum absolute atomic E-state index is 5.12.